The van der Waals surface area contributed by atoms with E-state index in [1.165, 1.54) is 13.8 Å². The summed E-state index contributed by atoms with van der Waals surface area (Å²) in [5.41, 5.74) is -7.27. The maximum absolute atomic E-state index is 13.1. The van der Waals surface area contributed by atoms with E-state index < -0.39 is 57.1 Å². The third-order valence-corrected chi connectivity index (χ3v) is 6.94. The van der Waals surface area contributed by atoms with E-state index in [4.69, 9.17) is 0 Å². The minimum absolute atomic E-state index is 0.202. The van der Waals surface area contributed by atoms with Crippen molar-refractivity contribution < 1.29 is 19.8 Å². The summed E-state index contributed by atoms with van der Waals surface area (Å²) in [6.07, 6.45) is 0. The van der Waals surface area contributed by atoms with E-state index in [-0.39, 0.29) is 21.5 Å². The van der Waals surface area contributed by atoms with Gasteiger partial charge in [0.25, 0.3) is 22.2 Å². The van der Waals surface area contributed by atoms with Crippen LogP contribution >= 0.6 is 0 Å². The number of aliphatic carboxylic acids is 2. The average Bonchev–Trinajstić information content (AvgIpc) is 3.09. The van der Waals surface area contributed by atoms with Crippen molar-refractivity contribution in [3.05, 3.63) is 53.5 Å². The van der Waals surface area contributed by atoms with Crippen LogP contribution in [0.5, 0.6) is 0 Å². The molecule has 0 spiro atoms. The minimum Gasteiger partial charge on any atom is -0.479 e. The fraction of sp³-hybridized carbons (Fsp3) is 0.455. The first-order chi connectivity index (χ1) is 14.6. The van der Waals surface area contributed by atoms with E-state index in [1.54, 1.807) is 27.7 Å². The summed E-state index contributed by atoms with van der Waals surface area (Å²) in [4.78, 5) is 76.3. The molecule has 0 aliphatic carbocycles. The van der Waals surface area contributed by atoms with Gasteiger partial charge in [0.15, 0.2) is 0 Å². The molecular weight excluding hydrogens is 420 g/mol. The number of aromatic nitrogens is 2. The molecule has 10 nitrogen and oxygen atoms in total. The molecule has 2 aromatic heterocycles. The zero-order valence-electron chi connectivity index (χ0n) is 18.5. The highest BCUT2D eigenvalue weighted by molar-refractivity contribution is 5.98. The normalized spacial score (nSPS) is 16.0. The SMILES string of the molecule is CC(C)[C@](C)(C(=O)O)n1c(=O)c2cc3c(=O)n([C@@](C)(C(=O)O)C(C)C)c(=O)c3cc2c1=O. The molecule has 0 amide bonds. The lowest BCUT2D eigenvalue weighted by molar-refractivity contribution is -0.150. The summed E-state index contributed by atoms with van der Waals surface area (Å²) in [7, 11) is 0. The molecule has 1 aromatic carbocycles. The van der Waals surface area contributed by atoms with Crippen LogP contribution in [0, 0.1) is 11.8 Å². The molecule has 0 unspecified atom stereocenters. The topological polar surface area (TPSA) is 153 Å². The number of fused-ring (bicyclic) bond motifs is 2. The molecule has 0 fully saturated rings. The number of rotatable bonds is 6. The molecule has 32 heavy (non-hydrogen) atoms. The Morgan fingerprint density at radius 2 is 0.875 bits per heavy atom. The molecule has 10 heteroatoms. The summed E-state index contributed by atoms with van der Waals surface area (Å²) in [5.74, 6) is -4.01. The van der Waals surface area contributed by atoms with Gasteiger partial charge in [-0.05, 0) is 37.8 Å². The second-order valence-electron chi connectivity index (χ2n) is 9.05. The molecule has 2 heterocycles. The van der Waals surface area contributed by atoms with Crippen molar-refractivity contribution in [1.29, 1.82) is 0 Å². The fourth-order valence-corrected chi connectivity index (χ4v) is 4.02. The quantitative estimate of drug-likeness (QED) is 0.567. The van der Waals surface area contributed by atoms with Gasteiger partial charge in [-0.15, -0.1) is 0 Å². The molecule has 0 saturated carbocycles. The highest BCUT2D eigenvalue weighted by atomic mass is 16.4. The number of hydrogen-bond acceptors (Lipinski definition) is 6. The van der Waals surface area contributed by atoms with Gasteiger partial charge in [-0.1, -0.05) is 27.7 Å². The molecule has 2 atom stereocenters. The molecule has 0 radical (unpaired) electrons. The van der Waals surface area contributed by atoms with Crippen LogP contribution in [0.3, 0.4) is 0 Å². The van der Waals surface area contributed by atoms with Crippen molar-refractivity contribution in [3.63, 3.8) is 0 Å². The second kappa shape index (κ2) is 6.98. The Morgan fingerprint density at radius 3 is 1.03 bits per heavy atom. The molecule has 2 N–H and O–H groups in total. The molecule has 0 aliphatic heterocycles. The Hall–Kier alpha value is -3.56. The molecule has 0 bridgehead atoms. The average molecular weight is 444 g/mol. The lowest BCUT2D eigenvalue weighted by Gasteiger charge is -2.29. The van der Waals surface area contributed by atoms with Gasteiger partial charge in [0.05, 0.1) is 21.5 Å². The largest absolute Gasteiger partial charge is 0.479 e. The van der Waals surface area contributed by atoms with E-state index >= 15 is 0 Å². The van der Waals surface area contributed by atoms with E-state index in [9.17, 15) is 39.0 Å². The van der Waals surface area contributed by atoms with Crippen LogP contribution in [-0.4, -0.2) is 31.3 Å². The van der Waals surface area contributed by atoms with Crippen LogP contribution < -0.4 is 22.2 Å². The van der Waals surface area contributed by atoms with Crippen molar-refractivity contribution in [2.45, 2.75) is 52.6 Å². The highest BCUT2D eigenvalue weighted by Gasteiger charge is 2.44. The van der Waals surface area contributed by atoms with E-state index in [0.29, 0.717) is 9.13 Å². The number of benzene rings is 1. The Bertz CT molecular complexity index is 1310. The van der Waals surface area contributed by atoms with Gasteiger partial charge in [-0.2, -0.15) is 0 Å². The van der Waals surface area contributed by atoms with E-state index in [2.05, 4.69) is 0 Å². The number of carboxylic acids is 2. The van der Waals surface area contributed by atoms with Crippen molar-refractivity contribution in [1.82, 2.24) is 9.13 Å². The Kier molecular flexibility index (Phi) is 5.04. The van der Waals surface area contributed by atoms with Crippen molar-refractivity contribution in [3.8, 4) is 0 Å². The lowest BCUT2D eigenvalue weighted by Crippen LogP contribution is -2.52. The smallest absolute Gasteiger partial charge is 0.330 e. The summed E-state index contributed by atoms with van der Waals surface area (Å²) >= 11 is 0. The fourth-order valence-electron chi connectivity index (χ4n) is 4.02. The molecule has 170 valence electrons. The van der Waals surface area contributed by atoms with E-state index in [1.807, 2.05) is 0 Å². The predicted octanol–water partition coefficient (Wildman–Crippen LogP) is 0.824. The van der Waals surface area contributed by atoms with Crippen LogP contribution in [0.1, 0.15) is 41.5 Å². The molecule has 0 aliphatic rings. The first-order valence-corrected chi connectivity index (χ1v) is 10.1. The second-order valence-corrected chi connectivity index (χ2v) is 9.05. The predicted molar refractivity (Wildman–Crippen MR) is 117 cm³/mol. The third kappa shape index (κ3) is 2.64. The van der Waals surface area contributed by atoms with Gasteiger partial charge in [-0.3, -0.25) is 28.3 Å². The standard InChI is InChI=1S/C22H24N2O8/c1-9(2)21(5,19(29)30)23-15(25)11-7-13-14(8-12(11)16(23)26)18(28)24(17(13)27)22(6,10(3)4)20(31)32/h7-10H,1-6H3,(H,29,30)(H,31,32)/t21-,22-/m1/s1. The van der Waals surface area contributed by atoms with Gasteiger partial charge in [0, 0.05) is 0 Å². The molecule has 3 rings (SSSR count). The van der Waals surface area contributed by atoms with Crippen molar-refractivity contribution >= 4 is 33.5 Å². The van der Waals surface area contributed by atoms with Crippen LogP contribution in [0.25, 0.3) is 21.5 Å². The molecule has 0 saturated heterocycles. The van der Waals surface area contributed by atoms with Crippen LogP contribution in [0.4, 0.5) is 0 Å². The molecular formula is C22H24N2O8. The van der Waals surface area contributed by atoms with Crippen LogP contribution in [0.2, 0.25) is 0 Å². The maximum Gasteiger partial charge on any atom is 0.330 e. The lowest BCUT2D eigenvalue weighted by atomic mass is 9.88. The molecule has 3 aromatic rings. The van der Waals surface area contributed by atoms with Crippen LogP contribution in [0.15, 0.2) is 31.3 Å². The summed E-state index contributed by atoms with van der Waals surface area (Å²) in [5, 5.41) is 18.7. The van der Waals surface area contributed by atoms with Gasteiger partial charge in [0.2, 0.25) is 0 Å². The van der Waals surface area contributed by atoms with E-state index in [0.717, 1.165) is 12.1 Å². The van der Waals surface area contributed by atoms with Gasteiger partial charge in [0.1, 0.15) is 11.1 Å². The summed E-state index contributed by atoms with van der Waals surface area (Å²) in [6, 6.07) is 2.16. The number of carbonyl (C=O) groups is 2. The number of carboxylic acid groups (broad SMARTS) is 2. The monoisotopic (exact) mass is 444 g/mol. The zero-order valence-corrected chi connectivity index (χ0v) is 18.5. The first kappa shape index (κ1) is 23.1. The Labute approximate surface area is 181 Å². The van der Waals surface area contributed by atoms with Crippen molar-refractivity contribution in [2.75, 3.05) is 0 Å². The number of hydrogen-bond donors (Lipinski definition) is 2. The highest BCUT2D eigenvalue weighted by Crippen LogP contribution is 2.27. The van der Waals surface area contributed by atoms with Crippen molar-refractivity contribution in [2.24, 2.45) is 11.8 Å². The summed E-state index contributed by atoms with van der Waals surface area (Å²) < 4.78 is 1.28. The Morgan fingerprint density at radius 1 is 0.656 bits per heavy atom. The first-order valence-electron chi connectivity index (χ1n) is 10.1. The van der Waals surface area contributed by atoms with Gasteiger partial charge >= 0.3 is 11.9 Å². The Balaban J connectivity index is 2.52. The zero-order chi connectivity index (χ0) is 24.5. The third-order valence-electron chi connectivity index (χ3n) is 6.94. The van der Waals surface area contributed by atoms with Gasteiger partial charge in [-0.25, -0.2) is 9.59 Å². The minimum atomic E-state index is -1.85. The van der Waals surface area contributed by atoms with Gasteiger partial charge < -0.3 is 10.2 Å². The maximum atomic E-state index is 13.1. The summed E-state index contributed by atoms with van der Waals surface area (Å²) in [6.45, 7) is 8.74. The van der Waals surface area contributed by atoms with Crippen LogP contribution in [-0.2, 0) is 20.7 Å². The number of nitrogens with zero attached hydrogens (tertiary/aromatic N) is 2.